The lowest BCUT2D eigenvalue weighted by Gasteiger charge is -2.09. The average molecular weight is 401 g/mol. The first-order valence-electron chi connectivity index (χ1n) is 5.69. The van der Waals surface area contributed by atoms with E-state index in [4.69, 9.17) is 11.6 Å². The van der Waals surface area contributed by atoms with Crippen LogP contribution in [0.1, 0.15) is 20.7 Å². The van der Waals surface area contributed by atoms with Crippen molar-refractivity contribution in [3.8, 4) is 0 Å². The van der Waals surface area contributed by atoms with Crippen LogP contribution in [0.15, 0.2) is 48.5 Å². The van der Waals surface area contributed by atoms with E-state index in [1.165, 1.54) is 0 Å². The third kappa shape index (κ3) is 3.49. The maximum absolute atomic E-state index is 11.9. The van der Waals surface area contributed by atoms with E-state index in [0.29, 0.717) is 16.1 Å². The van der Waals surface area contributed by atoms with E-state index in [2.05, 4.69) is 33.4 Å². The average Bonchev–Trinajstić information content (AvgIpc) is 2.45. The van der Waals surface area contributed by atoms with Gasteiger partial charge in [0.15, 0.2) is 0 Å². The standard InChI is InChI=1S/C14H10ClIN2O2/c15-11-7-3-1-5-9(11)13(19)17-18-14(20)10-6-2-4-8-12(10)16/h1-8H,(H,17,19)(H,18,20). The summed E-state index contributed by atoms with van der Waals surface area (Å²) in [6.45, 7) is 0. The molecule has 0 aliphatic rings. The fourth-order valence-electron chi connectivity index (χ4n) is 1.54. The number of hydrazine groups is 1. The first kappa shape index (κ1) is 14.8. The molecule has 0 aliphatic carbocycles. The molecule has 102 valence electrons. The Morgan fingerprint density at radius 3 is 1.95 bits per heavy atom. The minimum Gasteiger partial charge on any atom is -0.267 e. The van der Waals surface area contributed by atoms with Crippen LogP contribution < -0.4 is 10.9 Å². The van der Waals surface area contributed by atoms with Crippen molar-refractivity contribution in [3.63, 3.8) is 0 Å². The van der Waals surface area contributed by atoms with E-state index in [1.54, 1.807) is 36.4 Å². The van der Waals surface area contributed by atoms with Crippen LogP contribution in [0.25, 0.3) is 0 Å². The second-order valence-electron chi connectivity index (χ2n) is 3.87. The van der Waals surface area contributed by atoms with Crippen molar-refractivity contribution in [2.45, 2.75) is 0 Å². The molecule has 0 unspecified atom stereocenters. The Hall–Kier alpha value is -1.60. The van der Waals surface area contributed by atoms with Gasteiger partial charge in [0.1, 0.15) is 0 Å². The highest BCUT2D eigenvalue weighted by Crippen LogP contribution is 2.14. The van der Waals surface area contributed by atoms with Crippen molar-refractivity contribution >= 4 is 46.0 Å². The second kappa shape index (κ2) is 6.71. The van der Waals surface area contributed by atoms with E-state index >= 15 is 0 Å². The number of rotatable bonds is 2. The normalized spacial score (nSPS) is 9.90. The molecule has 0 bridgehead atoms. The summed E-state index contributed by atoms with van der Waals surface area (Å²) in [5.41, 5.74) is 5.50. The van der Waals surface area contributed by atoms with Gasteiger partial charge in [-0.15, -0.1) is 0 Å². The quantitative estimate of drug-likeness (QED) is 0.601. The van der Waals surface area contributed by atoms with Gasteiger partial charge in [0.05, 0.1) is 16.1 Å². The van der Waals surface area contributed by atoms with Crippen LogP contribution in [0.2, 0.25) is 5.02 Å². The largest absolute Gasteiger partial charge is 0.271 e. The van der Waals surface area contributed by atoms with Crippen LogP contribution in [-0.2, 0) is 0 Å². The van der Waals surface area contributed by atoms with E-state index in [0.717, 1.165) is 3.57 Å². The van der Waals surface area contributed by atoms with Gasteiger partial charge in [-0.2, -0.15) is 0 Å². The van der Waals surface area contributed by atoms with E-state index in [-0.39, 0.29) is 5.91 Å². The number of benzene rings is 2. The molecule has 0 heterocycles. The molecule has 0 spiro atoms. The van der Waals surface area contributed by atoms with Crippen molar-refractivity contribution in [3.05, 3.63) is 68.3 Å². The zero-order valence-electron chi connectivity index (χ0n) is 10.2. The predicted molar refractivity (Wildman–Crippen MR) is 85.5 cm³/mol. The van der Waals surface area contributed by atoms with E-state index in [1.807, 2.05) is 12.1 Å². The van der Waals surface area contributed by atoms with Gasteiger partial charge in [0.2, 0.25) is 0 Å². The highest BCUT2D eigenvalue weighted by Gasteiger charge is 2.12. The highest BCUT2D eigenvalue weighted by atomic mass is 127. The van der Waals surface area contributed by atoms with Gasteiger partial charge in [-0.05, 0) is 46.9 Å². The van der Waals surface area contributed by atoms with Crippen molar-refractivity contribution in [2.75, 3.05) is 0 Å². The Morgan fingerprint density at radius 1 is 0.850 bits per heavy atom. The number of hydrogen-bond donors (Lipinski definition) is 2. The smallest absolute Gasteiger partial charge is 0.267 e. The summed E-state index contributed by atoms with van der Waals surface area (Å²) >= 11 is 7.96. The van der Waals surface area contributed by atoms with Crippen molar-refractivity contribution in [1.82, 2.24) is 10.9 Å². The molecule has 2 N–H and O–H groups in total. The minimum absolute atomic E-state index is 0.303. The summed E-state index contributed by atoms with van der Waals surface area (Å²) in [7, 11) is 0. The van der Waals surface area contributed by atoms with Gasteiger partial charge in [-0.3, -0.25) is 20.4 Å². The molecule has 0 atom stereocenters. The first-order valence-corrected chi connectivity index (χ1v) is 7.15. The number of carbonyl (C=O) groups excluding carboxylic acids is 2. The molecular formula is C14H10ClIN2O2. The van der Waals surface area contributed by atoms with Crippen LogP contribution in [0.3, 0.4) is 0 Å². The van der Waals surface area contributed by atoms with Crippen molar-refractivity contribution in [1.29, 1.82) is 0 Å². The van der Waals surface area contributed by atoms with Crippen LogP contribution in [0, 0.1) is 3.57 Å². The molecule has 6 heteroatoms. The molecule has 0 radical (unpaired) electrons. The molecule has 2 aromatic carbocycles. The van der Waals surface area contributed by atoms with Crippen LogP contribution >= 0.6 is 34.2 Å². The molecule has 0 saturated heterocycles. The second-order valence-corrected chi connectivity index (χ2v) is 5.44. The Kier molecular flexibility index (Phi) is 4.97. The van der Waals surface area contributed by atoms with E-state index < -0.39 is 5.91 Å². The summed E-state index contributed by atoms with van der Waals surface area (Å²) in [5, 5.41) is 0.327. The third-order valence-electron chi connectivity index (χ3n) is 2.53. The predicted octanol–water partition coefficient (Wildman–Crippen LogP) is 3.02. The Morgan fingerprint density at radius 2 is 1.35 bits per heavy atom. The molecule has 0 saturated carbocycles. The first-order chi connectivity index (χ1) is 9.59. The molecule has 4 nitrogen and oxygen atoms in total. The van der Waals surface area contributed by atoms with Gasteiger partial charge in [-0.1, -0.05) is 35.9 Å². The monoisotopic (exact) mass is 400 g/mol. The number of hydrogen-bond acceptors (Lipinski definition) is 2. The fraction of sp³-hybridized carbons (Fsp3) is 0. The summed E-state index contributed by atoms with van der Waals surface area (Å²) in [6, 6.07) is 13.7. The maximum atomic E-state index is 11.9. The molecule has 2 amide bonds. The summed E-state index contributed by atoms with van der Waals surface area (Å²) in [6.07, 6.45) is 0. The lowest BCUT2D eigenvalue weighted by molar-refractivity contribution is 0.0846. The number of nitrogens with one attached hydrogen (secondary N) is 2. The summed E-state index contributed by atoms with van der Waals surface area (Å²) in [4.78, 5) is 23.8. The number of amides is 2. The van der Waals surface area contributed by atoms with Crippen LogP contribution in [-0.4, -0.2) is 11.8 Å². The van der Waals surface area contributed by atoms with Crippen molar-refractivity contribution < 1.29 is 9.59 Å². The Labute approximate surface area is 134 Å². The summed E-state index contributed by atoms with van der Waals surface area (Å²) in [5.74, 6) is -0.842. The molecule has 0 fully saturated rings. The fourth-order valence-corrected chi connectivity index (χ4v) is 2.39. The van der Waals surface area contributed by atoms with E-state index in [9.17, 15) is 9.59 Å². The molecule has 2 aromatic rings. The van der Waals surface area contributed by atoms with Gasteiger partial charge >= 0.3 is 0 Å². The van der Waals surface area contributed by atoms with Crippen molar-refractivity contribution in [2.24, 2.45) is 0 Å². The van der Waals surface area contributed by atoms with Gasteiger partial charge in [-0.25, -0.2) is 0 Å². The zero-order chi connectivity index (χ0) is 14.5. The van der Waals surface area contributed by atoms with Gasteiger partial charge in [0, 0.05) is 3.57 Å². The van der Waals surface area contributed by atoms with Crippen LogP contribution in [0.5, 0.6) is 0 Å². The molecule has 0 aliphatic heterocycles. The topological polar surface area (TPSA) is 58.2 Å². The molecular weight excluding hydrogens is 391 g/mol. The number of carbonyl (C=O) groups is 2. The molecule has 0 aromatic heterocycles. The number of halogens is 2. The Bertz CT molecular complexity index is 604. The maximum Gasteiger partial charge on any atom is 0.271 e. The third-order valence-corrected chi connectivity index (χ3v) is 3.80. The van der Waals surface area contributed by atoms with Crippen LogP contribution in [0.4, 0.5) is 0 Å². The SMILES string of the molecule is O=C(NNC(=O)c1ccccc1I)c1ccccc1Cl. The zero-order valence-corrected chi connectivity index (χ0v) is 13.1. The molecule has 20 heavy (non-hydrogen) atoms. The minimum atomic E-state index is -0.463. The summed E-state index contributed by atoms with van der Waals surface area (Å²) < 4.78 is 0.801. The molecule has 2 rings (SSSR count). The lowest BCUT2D eigenvalue weighted by Crippen LogP contribution is -2.42. The highest BCUT2D eigenvalue weighted by molar-refractivity contribution is 14.1. The lowest BCUT2D eigenvalue weighted by atomic mass is 10.2. The van der Waals surface area contributed by atoms with Gasteiger partial charge < -0.3 is 0 Å². The Balaban J connectivity index is 2.03. The van der Waals surface area contributed by atoms with Gasteiger partial charge in [0.25, 0.3) is 11.8 Å².